The molecule has 0 aliphatic heterocycles. The molecule has 1 saturated carbocycles. The van der Waals surface area contributed by atoms with Crippen LogP contribution in [0.3, 0.4) is 0 Å². The van der Waals surface area contributed by atoms with Crippen molar-refractivity contribution in [3.63, 3.8) is 0 Å². The Morgan fingerprint density at radius 3 is 2.60 bits per heavy atom. The van der Waals surface area contributed by atoms with Gasteiger partial charge in [0.25, 0.3) is 5.22 Å². The normalized spacial score (nSPS) is 15.3. The first-order valence-electron chi connectivity index (χ1n) is 9.80. The fraction of sp³-hybridized carbons (Fsp3) is 0.318. The molecule has 0 bridgehead atoms. The van der Waals surface area contributed by atoms with E-state index in [0.29, 0.717) is 28.2 Å². The molecule has 1 heterocycles. The fourth-order valence-corrected chi connectivity index (χ4v) is 4.69. The second-order valence-electron chi connectivity index (χ2n) is 7.41. The standard InChI is InChI=1S/C22H21ClFN3O2S/c23-18-6-2-1-5-17(18)20-26-27-21(29-20)30-13-19(28)25-14-22(11-3-4-12-22)15-7-9-16(24)10-8-15/h1-2,5-10H,3-4,11-14H2,(H,25,28). The van der Waals surface area contributed by atoms with Crippen molar-refractivity contribution in [3.8, 4) is 11.5 Å². The van der Waals surface area contributed by atoms with Crippen LogP contribution >= 0.6 is 23.4 Å². The number of hydrogen-bond donors (Lipinski definition) is 1. The van der Waals surface area contributed by atoms with Gasteiger partial charge in [0.05, 0.1) is 16.3 Å². The molecule has 1 N–H and O–H groups in total. The van der Waals surface area contributed by atoms with E-state index in [0.717, 1.165) is 31.2 Å². The van der Waals surface area contributed by atoms with Gasteiger partial charge in [-0.05, 0) is 42.7 Å². The van der Waals surface area contributed by atoms with Crippen molar-refractivity contribution in [2.24, 2.45) is 0 Å². The van der Waals surface area contributed by atoms with Gasteiger partial charge in [0.15, 0.2) is 0 Å². The van der Waals surface area contributed by atoms with Gasteiger partial charge in [-0.2, -0.15) is 0 Å². The average molecular weight is 446 g/mol. The SMILES string of the molecule is O=C(CSc1nnc(-c2ccccc2Cl)o1)NCC1(c2ccc(F)cc2)CCCC1. The fourth-order valence-electron chi connectivity index (χ4n) is 3.88. The highest BCUT2D eigenvalue weighted by Crippen LogP contribution is 2.40. The molecule has 4 rings (SSSR count). The first-order valence-corrected chi connectivity index (χ1v) is 11.2. The number of nitrogens with one attached hydrogen (secondary N) is 1. The molecule has 3 aromatic rings. The number of aromatic nitrogens is 2. The number of carbonyl (C=O) groups is 1. The van der Waals surface area contributed by atoms with E-state index in [1.54, 1.807) is 12.1 Å². The number of carbonyl (C=O) groups excluding carboxylic acids is 1. The highest BCUT2D eigenvalue weighted by molar-refractivity contribution is 7.99. The van der Waals surface area contributed by atoms with Crippen LogP contribution in [0.2, 0.25) is 5.02 Å². The van der Waals surface area contributed by atoms with Crippen molar-refractivity contribution in [1.29, 1.82) is 0 Å². The van der Waals surface area contributed by atoms with E-state index in [-0.39, 0.29) is 22.9 Å². The number of benzene rings is 2. The van der Waals surface area contributed by atoms with E-state index >= 15 is 0 Å². The van der Waals surface area contributed by atoms with Crippen LogP contribution < -0.4 is 5.32 Å². The van der Waals surface area contributed by atoms with Crippen molar-refractivity contribution in [2.45, 2.75) is 36.3 Å². The van der Waals surface area contributed by atoms with Gasteiger partial charge in [0.1, 0.15) is 5.82 Å². The van der Waals surface area contributed by atoms with Crippen molar-refractivity contribution in [3.05, 3.63) is 64.9 Å². The van der Waals surface area contributed by atoms with Crippen LogP contribution in [-0.2, 0) is 10.2 Å². The molecule has 0 saturated heterocycles. The van der Waals surface area contributed by atoms with Gasteiger partial charge >= 0.3 is 0 Å². The van der Waals surface area contributed by atoms with Crippen LogP contribution in [-0.4, -0.2) is 28.4 Å². The number of hydrogen-bond acceptors (Lipinski definition) is 5. The van der Waals surface area contributed by atoms with E-state index in [4.69, 9.17) is 16.0 Å². The van der Waals surface area contributed by atoms with Gasteiger partial charge < -0.3 is 9.73 Å². The average Bonchev–Trinajstić information content (AvgIpc) is 3.42. The maximum atomic E-state index is 13.3. The minimum atomic E-state index is -0.247. The van der Waals surface area contributed by atoms with Crippen molar-refractivity contribution >= 4 is 29.3 Å². The van der Waals surface area contributed by atoms with E-state index in [1.165, 1.54) is 23.9 Å². The second kappa shape index (κ2) is 9.18. The third-order valence-electron chi connectivity index (χ3n) is 5.48. The molecule has 1 fully saturated rings. The second-order valence-corrected chi connectivity index (χ2v) is 8.75. The lowest BCUT2D eigenvalue weighted by Crippen LogP contribution is -2.39. The molecule has 30 heavy (non-hydrogen) atoms. The van der Waals surface area contributed by atoms with Gasteiger partial charge in [0.2, 0.25) is 11.8 Å². The summed E-state index contributed by atoms with van der Waals surface area (Å²) in [4.78, 5) is 12.4. The number of rotatable bonds is 7. The Morgan fingerprint density at radius 1 is 1.13 bits per heavy atom. The molecule has 0 unspecified atom stereocenters. The van der Waals surface area contributed by atoms with Crippen LogP contribution in [0.1, 0.15) is 31.2 Å². The zero-order chi connectivity index (χ0) is 21.0. The lowest BCUT2D eigenvalue weighted by Gasteiger charge is -2.30. The third-order valence-corrected chi connectivity index (χ3v) is 6.63. The Labute approximate surface area is 183 Å². The summed E-state index contributed by atoms with van der Waals surface area (Å²) in [7, 11) is 0. The molecule has 0 radical (unpaired) electrons. The molecular formula is C22H21ClFN3O2S. The Bertz CT molecular complexity index is 1020. The maximum Gasteiger partial charge on any atom is 0.277 e. The molecule has 156 valence electrons. The van der Waals surface area contributed by atoms with E-state index in [2.05, 4.69) is 15.5 Å². The summed E-state index contributed by atoms with van der Waals surface area (Å²) in [6.07, 6.45) is 4.18. The minimum Gasteiger partial charge on any atom is -0.411 e. The van der Waals surface area contributed by atoms with Crippen LogP contribution in [0.15, 0.2) is 58.2 Å². The molecule has 8 heteroatoms. The van der Waals surface area contributed by atoms with Gasteiger partial charge in [-0.15, -0.1) is 10.2 Å². The molecule has 1 amide bonds. The van der Waals surface area contributed by atoms with E-state index in [1.807, 2.05) is 24.3 Å². The van der Waals surface area contributed by atoms with Crippen LogP contribution in [0, 0.1) is 5.82 Å². The minimum absolute atomic E-state index is 0.106. The molecule has 1 aliphatic rings. The first kappa shape index (κ1) is 20.9. The highest BCUT2D eigenvalue weighted by Gasteiger charge is 2.35. The van der Waals surface area contributed by atoms with Crippen LogP contribution in [0.5, 0.6) is 0 Å². The molecular weight excluding hydrogens is 425 g/mol. The van der Waals surface area contributed by atoms with Gasteiger partial charge in [-0.1, -0.05) is 60.5 Å². The molecule has 5 nitrogen and oxygen atoms in total. The third kappa shape index (κ3) is 4.68. The lowest BCUT2D eigenvalue weighted by atomic mass is 9.79. The predicted octanol–water partition coefficient (Wildman–Crippen LogP) is 5.25. The topological polar surface area (TPSA) is 68.0 Å². The van der Waals surface area contributed by atoms with Gasteiger partial charge in [-0.25, -0.2) is 4.39 Å². The summed E-state index contributed by atoms with van der Waals surface area (Å²) in [6.45, 7) is 0.534. The van der Waals surface area contributed by atoms with Gasteiger partial charge in [-0.3, -0.25) is 4.79 Å². The van der Waals surface area contributed by atoms with Crippen LogP contribution in [0.4, 0.5) is 4.39 Å². The van der Waals surface area contributed by atoms with Crippen molar-refractivity contribution in [2.75, 3.05) is 12.3 Å². The first-order chi connectivity index (χ1) is 14.6. The van der Waals surface area contributed by atoms with E-state index in [9.17, 15) is 9.18 Å². The Hall–Kier alpha value is -2.38. The molecule has 2 aromatic carbocycles. The number of nitrogens with zero attached hydrogens (tertiary/aromatic N) is 2. The molecule has 1 aromatic heterocycles. The Morgan fingerprint density at radius 2 is 1.87 bits per heavy atom. The Kier molecular flexibility index (Phi) is 6.39. The van der Waals surface area contributed by atoms with E-state index < -0.39 is 0 Å². The largest absolute Gasteiger partial charge is 0.411 e. The number of amides is 1. The van der Waals surface area contributed by atoms with Gasteiger partial charge in [0, 0.05) is 12.0 Å². The van der Waals surface area contributed by atoms with Crippen molar-refractivity contribution < 1.29 is 13.6 Å². The summed E-state index contributed by atoms with van der Waals surface area (Å²) in [5.41, 5.74) is 1.61. The predicted molar refractivity (Wildman–Crippen MR) is 115 cm³/mol. The summed E-state index contributed by atoms with van der Waals surface area (Å²) in [5, 5.41) is 11.9. The Balaban J connectivity index is 1.34. The zero-order valence-corrected chi connectivity index (χ0v) is 17.8. The van der Waals surface area contributed by atoms with Crippen LogP contribution in [0.25, 0.3) is 11.5 Å². The molecule has 0 atom stereocenters. The lowest BCUT2D eigenvalue weighted by molar-refractivity contribution is -0.118. The monoisotopic (exact) mass is 445 g/mol. The number of halogens is 2. The van der Waals surface area contributed by atoms with Crippen molar-refractivity contribution in [1.82, 2.24) is 15.5 Å². The molecule has 0 spiro atoms. The summed E-state index contributed by atoms with van der Waals surface area (Å²) in [6, 6.07) is 13.8. The summed E-state index contributed by atoms with van der Waals surface area (Å²) in [5.74, 6) is 0.141. The zero-order valence-electron chi connectivity index (χ0n) is 16.2. The maximum absolute atomic E-state index is 13.3. The number of thioether (sulfide) groups is 1. The highest BCUT2D eigenvalue weighted by atomic mass is 35.5. The quantitative estimate of drug-likeness (QED) is 0.503. The molecule has 1 aliphatic carbocycles. The smallest absolute Gasteiger partial charge is 0.277 e. The summed E-state index contributed by atoms with van der Waals surface area (Å²) >= 11 is 7.34. The summed E-state index contributed by atoms with van der Waals surface area (Å²) < 4.78 is 18.9.